The molecule has 1 heterocycles. The minimum atomic E-state index is -0.0743. The molecule has 2 fully saturated rings. The van der Waals surface area contributed by atoms with Crippen molar-refractivity contribution in [3.8, 4) is 0 Å². The van der Waals surface area contributed by atoms with E-state index in [9.17, 15) is 4.79 Å². The second-order valence-corrected chi connectivity index (χ2v) is 6.45. The van der Waals surface area contributed by atoms with E-state index in [-0.39, 0.29) is 24.4 Å². The van der Waals surface area contributed by atoms with Crippen LogP contribution in [0.5, 0.6) is 0 Å². The maximum absolute atomic E-state index is 12.0. The monoisotopic (exact) mass is 328 g/mol. The third-order valence-corrected chi connectivity index (χ3v) is 4.49. The molecular formula is C15H21ClN2O2S. The van der Waals surface area contributed by atoms with Crippen molar-refractivity contribution in [3.63, 3.8) is 0 Å². The van der Waals surface area contributed by atoms with E-state index in [0.717, 1.165) is 35.4 Å². The van der Waals surface area contributed by atoms with Gasteiger partial charge in [0.1, 0.15) is 0 Å². The predicted molar refractivity (Wildman–Crippen MR) is 88.9 cm³/mol. The van der Waals surface area contributed by atoms with Gasteiger partial charge in [-0.25, -0.2) is 0 Å². The summed E-state index contributed by atoms with van der Waals surface area (Å²) >= 11 is 1.75. The predicted octanol–water partition coefficient (Wildman–Crippen LogP) is 2.64. The molecule has 1 aliphatic heterocycles. The first kappa shape index (κ1) is 16.6. The van der Waals surface area contributed by atoms with Gasteiger partial charge in [0, 0.05) is 23.9 Å². The van der Waals surface area contributed by atoms with Gasteiger partial charge in [0.2, 0.25) is 5.91 Å². The Hall–Kier alpha value is -0.750. The van der Waals surface area contributed by atoms with Crippen LogP contribution in [0.1, 0.15) is 18.4 Å². The van der Waals surface area contributed by atoms with Crippen molar-refractivity contribution >= 4 is 35.8 Å². The zero-order valence-electron chi connectivity index (χ0n) is 11.8. The van der Waals surface area contributed by atoms with Crippen LogP contribution in [0.2, 0.25) is 0 Å². The molecule has 1 aromatic carbocycles. The van der Waals surface area contributed by atoms with Crippen LogP contribution in [0.25, 0.3) is 0 Å². The summed E-state index contributed by atoms with van der Waals surface area (Å²) in [6.07, 6.45) is 2.62. The number of anilines is 1. The maximum Gasteiger partial charge on any atom is 0.242 e. The van der Waals surface area contributed by atoms with Crippen LogP contribution in [-0.2, 0) is 16.1 Å². The molecule has 4 nitrogen and oxygen atoms in total. The normalized spacial score (nSPS) is 20.9. The van der Waals surface area contributed by atoms with E-state index >= 15 is 0 Å². The van der Waals surface area contributed by atoms with Gasteiger partial charge in [-0.15, -0.1) is 24.2 Å². The smallest absolute Gasteiger partial charge is 0.242 e. The summed E-state index contributed by atoms with van der Waals surface area (Å²) in [4.78, 5) is 12.0. The molecule has 0 radical (unpaired) electrons. The summed E-state index contributed by atoms with van der Waals surface area (Å²) in [5, 5.41) is 6.14. The highest BCUT2D eigenvalue weighted by Gasteiger charge is 2.22. The van der Waals surface area contributed by atoms with E-state index in [1.165, 1.54) is 12.8 Å². The van der Waals surface area contributed by atoms with Gasteiger partial charge < -0.3 is 10.1 Å². The highest BCUT2D eigenvalue weighted by molar-refractivity contribution is 7.99. The molecule has 6 heteroatoms. The van der Waals surface area contributed by atoms with Crippen LogP contribution in [0, 0.1) is 5.92 Å². The Morgan fingerprint density at radius 3 is 3.00 bits per heavy atom. The van der Waals surface area contributed by atoms with Gasteiger partial charge in [0.05, 0.1) is 12.6 Å². The molecule has 0 bridgehead atoms. The Bertz CT molecular complexity index is 476. The number of hydrogen-bond acceptors (Lipinski definition) is 4. The average molecular weight is 329 g/mol. The molecule has 1 aliphatic carbocycles. The van der Waals surface area contributed by atoms with E-state index in [0.29, 0.717) is 6.61 Å². The number of carbonyl (C=O) groups excluding carboxylic acids is 1. The molecule has 1 atom stereocenters. The number of nitrogens with one attached hydrogen (secondary N) is 2. The van der Waals surface area contributed by atoms with Crippen LogP contribution in [-0.4, -0.2) is 30.2 Å². The molecule has 2 N–H and O–H groups in total. The standard InChI is InChI=1S/C15H20N2O2S.ClH/c18-15(14-9-20-10-16-14)17-13-3-1-2-12(6-13)8-19-7-11-4-5-11;/h1-3,6,11,14,16H,4-5,7-10H2,(H,17,18);1H. The summed E-state index contributed by atoms with van der Waals surface area (Å²) < 4.78 is 5.68. The third-order valence-electron chi connectivity index (χ3n) is 3.55. The number of amides is 1. The molecule has 1 saturated heterocycles. The minimum Gasteiger partial charge on any atom is -0.376 e. The summed E-state index contributed by atoms with van der Waals surface area (Å²) in [6.45, 7) is 1.48. The van der Waals surface area contributed by atoms with Crippen LogP contribution >= 0.6 is 24.2 Å². The molecule has 1 aromatic rings. The molecule has 2 aliphatic rings. The third kappa shape index (κ3) is 5.18. The summed E-state index contributed by atoms with van der Waals surface area (Å²) in [6, 6.07) is 7.83. The Morgan fingerprint density at radius 1 is 1.43 bits per heavy atom. The topological polar surface area (TPSA) is 50.4 Å². The molecule has 21 heavy (non-hydrogen) atoms. The molecule has 0 spiro atoms. The van der Waals surface area contributed by atoms with Gasteiger partial charge in [-0.2, -0.15) is 0 Å². The fourth-order valence-corrected chi connectivity index (χ4v) is 3.10. The highest BCUT2D eigenvalue weighted by atomic mass is 35.5. The van der Waals surface area contributed by atoms with E-state index in [2.05, 4.69) is 10.6 Å². The number of thioether (sulfide) groups is 1. The van der Waals surface area contributed by atoms with Crippen molar-refractivity contribution in [1.29, 1.82) is 0 Å². The van der Waals surface area contributed by atoms with Crippen molar-refractivity contribution < 1.29 is 9.53 Å². The summed E-state index contributed by atoms with van der Waals surface area (Å²) in [5.41, 5.74) is 1.96. The molecule has 3 rings (SSSR count). The SMILES string of the molecule is Cl.O=C(Nc1cccc(COCC2CC2)c1)C1CSCN1. The lowest BCUT2D eigenvalue weighted by Gasteiger charge is -2.11. The van der Waals surface area contributed by atoms with Gasteiger partial charge in [-0.05, 0) is 36.5 Å². The zero-order chi connectivity index (χ0) is 13.8. The quantitative estimate of drug-likeness (QED) is 0.843. The number of ether oxygens (including phenoxy) is 1. The van der Waals surface area contributed by atoms with Gasteiger partial charge in [0.15, 0.2) is 0 Å². The lowest BCUT2D eigenvalue weighted by Crippen LogP contribution is -2.37. The van der Waals surface area contributed by atoms with Crippen molar-refractivity contribution in [3.05, 3.63) is 29.8 Å². The van der Waals surface area contributed by atoms with Gasteiger partial charge in [-0.1, -0.05) is 12.1 Å². The first-order valence-electron chi connectivity index (χ1n) is 7.10. The summed E-state index contributed by atoms with van der Waals surface area (Å²) in [7, 11) is 0. The first-order chi connectivity index (χ1) is 9.81. The lowest BCUT2D eigenvalue weighted by atomic mass is 10.2. The van der Waals surface area contributed by atoms with Crippen LogP contribution in [0.3, 0.4) is 0 Å². The Morgan fingerprint density at radius 2 is 2.29 bits per heavy atom. The number of hydrogen-bond donors (Lipinski definition) is 2. The van der Waals surface area contributed by atoms with E-state index < -0.39 is 0 Å². The largest absolute Gasteiger partial charge is 0.376 e. The number of rotatable bonds is 6. The minimum absolute atomic E-state index is 0. The first-order valence-corrected chi connectivity index (χ1v) is 8.25. The van der Waals surface area contributed by atoms with Gasteiger partial charge in [0.25, 0.3) is 0 Å². The Balaban J connectivity index is 0.00000161. The maximum atomic E-state index is 12.0. The molecular weight excluding hydrogens is 308 g/mol. The molecule has 116 valence electrons. The van der Waals surface area contributed by atoms with Crippen molar-refractivity contribution in [2.75, 3.05) is 23.6 Å². The van der Waals surface area contributed by atoms with E-state index in [1.54, 1.807) is 11.8 Å². The number of halogens is 1. The lowest BCUT2D eigenvalue weighted by molar-refractivity contribution is -0.117. The zero-order valence-corrected chi connectivity index (χ0v) is 13.5. The summed E-state index contributed by atoms with van der Waals surface area (Å²) in [5.74, 6) is 2.53. The molecule has 1 amide bonds. The Labute approximate surface area is 135 Å². The second-order valence-electron chi connectivity index (χ2n) is 5.42. The van der Waals surface area contributed by atoms with Crippen LogP contribution < -0.4 is 10.6 Å². The van der Waals surface area contributed by atoms with Crippen LogP contribution in [0.4, 0.5) is 5.69 Å². The van der Waals surface area contributed by atoms with Gasteiger partial charge >= 0.3 is 0 Å². The van der Waals surface area contributed by atoms with Crippen LogP contribution in [0.15, 0.2) is 24.3 Å². The van der Waals surface area contributed by atoms with E-state index in [4.69, 9.17) is 4.74 Å². The number of carbonyl (C=O) groups is 1. The van der Waals surface area contributed by atoms with Crippen molar-refractivity contribution in [1.82, 2.24) is 5.32 Å². The fraction of sp³-hybridized carbons (Fsp3) is 0.533. The van der Waals surface area contributed by atoms with Crippen molar-refractivity contribution in [2.24, 2.45) is 5.92 Å². The highest BCUT2D eigenvalue weighted by Crippen LogP contribution is 2.29. The second kappa shape index (κ2) is 8.03. The fourth-order valence-electron chi connectivity index (χ4n) is 2.16. The molecule has 1 saturated carbocycles. The number of benzene rings is 1. The van der Waals surface area contributed by atoms with E-state index in [1.807, 2.05) is 24.3 Å². The Kier molecular flexibility index (Phi) is 6.36. The van der Waals surface area contributed by atoms with Crippen molar-refractivity contribution in [2.45, 2.75) is 25.5 Å². The molecule has 0 aromatic heterocycles. The molecule has 1 unspecified atom stereocenters. The van der Waals surface area contributed by atoms with Gasteiger partial charge in [-0.3, -0.25) is 10.1 Å². The average Bonchev–Trinajstić information content (AvgIpc) is 3.10.